The van der Waals surface area contributed by atoms with Gasteiger partial charge in [-0.25, -0.2) is 4.99 Å². The van der Waals surface area contributed by atoms with E-state index in [0.29, 0.717) is 21.6 Å². The van der Waals surface area contributed by atoms with Gasteiger partial charge in [0, 0.05) is 22.4 Å². The van der Waals surface area contributed by atoms with Crippen molar-refractivity contribution in [2.24, 2.45) is 4.99 Å². The van der Waals surface area contributed by atoms with Gasteiger partial charge in [0.05, 0.1) is 10.6 Å². The van der Waals surface area contributed by atoms with Crippen molar-refractivity contribution < 1.29 is 4.79 Å². The maximum Gasteiger partial charge on any atom is 0.289 e. The lowest BCUT2D eigenvalue weighted by Gasteiger charge is -2.01. The van der Waals surface area contributed by atoms with Crippen molar-refractivity contribution in [2.75, 3.05) is 0 Å². The molecular formula is C15H9Cl2N3OS. The molecule has 1 amide bonds. The number of hydrogen-bond donors (Lipinski definition) is 1. The second-order valence-electron chi connectivity index (χ2n) is 4.39. The first kappa shape index (κ1) is 15.1. The van der Waals surface area contributed by atoms with Gasteiger partial charge in [0.2, 0.25) is 0 Å². The fraction of sp³-hybridized carbons (Fsp3) is 0. The van der Waals surface area contributed by atoms with Gasteiger partial charge in [-0.1, -0.05) is 23.2 Å². The molecule has 0 atom stereocenters. The summed E-state index contributed by atoms with van der Waals surface area (Å²) in [7, 11) is 0. The zero-order valence-electron chi connectivity index (χ0n) is 11.1. The van der Waals surface area contributed by atoms with E-state index in [9.17, 15) is 4.79 Å². The van der Waals surface area contributed by atoms with Crippen LogP contribution < -0.4 is 5.32 Å². The van der Waals surface area contributed by atoms with Crippen molar-refractivity contribution in [3.63, 3.8) is 0 Å². The van der Waals surface area contributed by atoms with Crippen molar-refractivity contribution in [1.82, 2.24) is 10.3 Å². The number of nitrogens with zero attached hydrogens (tertiary/aromatic N) is 2. The highest BCUT2D eigenvalue weighted by Crippen LogP contribution is 2.30. The summed E-state index contributed by atoms with van der Waals surface area (Å²) < 4.78 is 0. The second-order valence-corrected chi connectivity index (χ2v) is 6.28. The number of aromatic nitrogens is 1. The van der Waals surface area contributed by atoms with Crippen molar-refractivity contribution in [2.45, 2.75) is 0 Å². The summed E-state index contributed by atoms with van der Waals surface area (Å²) in [6.45, 7) is 0. The fourth-order valence-electron chi connectivity index (χ4n) is 1.86. The van der Waals surface area contributed by atoms with E-state index in [0.717, 1.165) is 22.2 Å². The third-order valence-electron chi connectivity index (χ3n) is 2.75. The number of nitrogens with one attached hydrogen (secondary N) is 1. The molecule has 2 aromatic rings. The first-order valence-electron chi connectivity index (χ1n) is 6.26. The number of halogens is 2. The predicted octanol–water partition coefficient (Wildman–Crippen LogP) is 4.92. The van der Waals surface area contributed by atoms with Gasteiger partial charge in [-0.15, -0.1) is 0 Å². The maximum absolute atomic E-state index is 11.6. The highest BCUT2D eigenvalue weighted by Gasteiger charge is 2.23. The normalized spacial score (nSPS) is 18.0. The number of amidine groups is 1. The number of aliphatic imine (C=N–C) groups is 1. The Morgan fingerprint density at radius 2 is 1.82 bits per heavy atom. The van der Waals surface area contributed by atoms with Crippen LogP contribution in [0, 0.1) is 0 Å². The van der Waals surface area contributed by atoms with Crippen LogP contribution in [0.4, 0.5) is 10.5 Å². The van der Waals surface area contributed by atoms with Gasteiger partial charge in [-0.05, 0) is 53.7 Å². The van der Waals surface area contributed by atoms with Crippen LogP contribution in [0.3, 0.4) is 0 Å². The highest BCUT2D eigenvalue weighted by atomic mass is 35.5. The smallest absolute Gasteiger partial charge is 0.289 e. The number of amides is 1. The molecule has 1 aromatic carbocycles. The van der Waals surface area contributed by atoms with Gasteiger partial charge < -0.3 is 5.32 Å². The molecule has 0 radical (unpaired) electrons. The van der Waals surface area contributed by atoms with Crippen LogP contribution in [0.15, 0.2) is 52.6 Å². The molecule has 0 aliphatic carbocycles. The van der Waals surface area contributed by atoms with Crippen molar-refractivity contribution in [3.05, 3.63) is 63.2 Å². The number of pyridine rings is 1. The zero-order valence-corrected chi connectivity index (χ0v) is 13.4. The van der Waals surface area contributed by atoms with E-state index in [1.165, 1.54) is 0 Å². The average Bonchev–Trinajstić information content (AvgIpc) is 2.78. The van der Waals surface area contributed by atoms with Gasteiger partial charge in [-0.2, -0.15) is 0 Å². The number of rotatable bonds is 2. The standard InChI is InChI=1S/C15H9Cl2N3OS/c16-10-6-11(17)8-12(7-10)19-14-13(22-15(21)20-14)5-9-1-3-18-4-2-9/h1-8H,(H,19,20,21)/b13-5-. The molecular weight excluding hydrogens is 341 g/mol. The van der Waals surface area contributed by atoms with Gasteiger partial charge >= 0.3 is 0 Å². The Morgan fingerprint density at radius 1 is 1.14 bits per heavy atom. The SMILES string of the molecule is O=C1NC(=Nc2cc(Cl)cc(Cl)c2)/C(=C/c2ccncc2)S1. The summed E-state index contributed by atoms with van der Waals surface area (Å²) in [5.41, 5.74) is 1.52. The summed E-state index contributed by atoms with van der Waals surface area (Å²) in [4.78, 5) is 20.8. The molecule has 0 unspecified atom stereocenters. The lowest BCUT2D eigenvalue weighted by molar-refractivity contribution is 0.265. The van der Waals surface area contributed by atoms with Gasteiger partial charge in [0.15, 0.2) is 0 Å². The summed E-state index contributed by atoms with van der Waals surface area (Å²) >= 11 is 13.0. The molecule has 1 aromatic heterocycles. The van der Waals surface area contributed by atoms with E-state index >= 15 is 0 Å². The van der Waals surface area contributed by atoms with Gasteiger partial charge in [0.1, 0.15) is 5.84 Å². The minimum atomic E-state index is -0.174. The first-order chi connectivity index (χ1) is 10.6. The molecule has 110 valence electrons. The Kier molecular flexibility index (Phi) is 4.47. The molecule has 1 aliphatic heterocycles. The lowest BCUT2D eigenvalue weighted by Crippen LogP contribution is -2.18. The van der Waals surface area contributed by atoms with E-state index < -0.39 is 0 Å². The molecule has 3 rings (SSSR count). The van der Waals surface area contributed by atoms with Gasteiger partial charge in [0.25, 0.3) is 5.24 Å². The number of thioether (sulfide) groups is 1. The third-order valence-corrected chi connectivity index (χ3v) is 4.00. The molecule has 1 aliphatic rings. The largest absolute Gasteiger partial charge is 0.300 e. The van der Waals surface area contributed by atoms with Crippen molar-refractivity contribution >= 4 is 57.8 Å². The summed E-state index contributed by atoms with van der Waals surface area (Å²) in [5, 5.41) is 3.52. The van der Waals surface area contributed by atoms with E-state index in [1.807, 2.05) is 18.2 Å². The van der Waals surface area contributed by atoms with Crippen LogP contribution in [0.25, 0.3) is 6.08 Å². The molecule has 22 heavy (non-hydrogen) atoms. The van der Waals surface area contributed by atoms with E-state index in [4.69, 9.17) is 23.2 Å². The predicted molar refractivity (Wildman–Crippen MR) is 91.9 cm³/mol. The minimum absolute atomic E-state index is 0.174. The Hall–Kier alpha value is -1.82. The topological polar surface area (TPSA) is 54.4 Å². The molecule has 0 bridgehead atoms. The van der Waals surface area contributed by atoms with E-state index in [-0.39, 0.29) is 5.24 Å². The monoisotopic (exact) mass is 349 g/mol. The summed E-state index contributed by atoms with van der Waals surface area (Å²) in [5.74, 6) is 0.477. The Morgan fingerprint density at radius 3 is 2.50 bits per heavy atom. The van der Waals surface area contributed by atoms with E-state index in [1.54, 1.807) is 30.6 Å². The Bertz CT molecular complexity index is 770. The molecule has 0 saturated carbocycles. The van der Waals surface area contributed by atoms with Gasteiger partial charge in [-0.3, -0.25) is 9.78 Å². The maximum atomic E-state index is 11.6. The Labute approximate surface area is 141 Å². The fourth-order valence-corrected chi connectivity index (χ4v) is 3.11. The molecule has 0 spiro atoms. The molecule has 4 nitrogen and oxygen atoms in total. The molecule has 1 N–H and O–H groups in total. The number of carbonyl (C=O) groups is 1. The summed E-state index contributed by atoms with van der Waals surface area (Å²) in [6, 6.07) is 8.69. The third kappa shape index (κ3) is 3.68. The number of hydrogen-bond acceptors (Lipinski definition) is 4. The van der Waals surface area contributed by atoms with Crippen LogP contribution in [-0.4, -0.2) is 16.1 Å². The Balaban J connectivity index is 1.98. The van der Waals surface area contributed by atoms with Crippen LogP contribution >= 0.6 is 35.0 Å². The molecule has 2 heterocycles. The number of carbonyl (C=O) groups excluding carboxylic acids is 1. The van der Waals surface area contributed by atoms with Crippen LogP contribution in [-0.2, 0) is 0 Å². The van der Waals surface area contributed by atoms with Crippen molar-refractivity contribution in [3.8, 4) is 0 Å². The summed E-state index contributed by atoms with van der Waals surface area (Å²) in [6.07, 6.45) is 5.25. The second kappa shape index (κ2) is 6.52. The molecule has 1 saturated heterocycles. The lowest BCUT2D eigenvalue weighted by atomic mass is 10.2. The minimum Gasteiger partial charge on any atom is -0.300 e. The average molecular weight is 350 g/mol. The quantitative estimate of drug-likeness (QED) is 0.837. The zero-order chi connectivity index (χ0) is 15.5. The van der Waals surface area contributed by atoms with Crippen LogP contribution in [0.2, 0.25) is 10.0 Å². The van der Waals surface area contributed by atoms with Crippen LogP contribution in [0.1, 0.15) is 5.56 Å². The van der Waals surface area contributed by atoms with Crippen LogP contribution in [0.5, 0.6) is 0 Å². The molecule has 1 fully saturated rings. The highest BCUT2D eigenvalue weighted by molar-refractivity contribution is 8.18. The molecule has 7 heteroatoms. The number of benzene rings is 1. The first-order valence-corrected chi connectivity index (χ1v) is 7.83. The van der Waals surface area contributed by atoms with E-state index in [2.05, 4.69) is 15.3 Å². The van der Waals surface area contributed by atoms with Crippen molar-refractivity contribution in [1.29, 1.82) is 0 Å².